The van der Waals surface area contributed by atoms with Crippen molar-refractivity contribution in [2.45, 2.75) is 110 Å². The summed E-state index contributed by atoms with van der Waals surface area (Å²) in [5, 5.41) is 0. The lowest BCUT2D eigenvalue weighted by atomic mass is 9.80. The van der Waals surface area contributed by atoms with E-state index in [0.29, 0.717) is 0 Å². The van der Waals surface area contributed by atoms with E-state index in [1.54, 1.807) is 0 Å². The molecular weight excluding hydrogens is 408 g/mol. The summed E-state index contributed by atoms with van der Waals surface area (Å²) < 4.78 is 0. The van der Waals surface area contributed by atoms with Gasteiger partial charge < -0.3 is 0 Å². The fourth-order valence-electron chi connectivity index (χ4n) is 6.04. The van der Waals surface area contributed by atoms with Crippen molar-refractivity contribution in [2.24, 2.45) is 0 Å². The van der Waals surface area contributed by atoms with Gasteiger partial charge in [-0.1, -0.05) is 0 Å². The van der Waals surface area contributed by atoms with Gasteiger partial charge in [-0.2, -0.15) is 0 Å². The minimum Gasteiger partial charge on any atom is -0.0447 e. The molecule has 34 heavy (non-hydrogen) atoms. The Morgan fingerprint density at radius 3 is 0.500 bits per heavy atom. The van der Waals surface area contributed by atoms with Gasteiger partial charge in [-0.15, -0.1) is 0 Å². The Hall–Kier alpha value is -2.34. The average molecular weight is 455 g/mol. The molecule has 0 aliphatic rings. The summed E-state index contributed by atoms with van der Waals surface area (Å²) in [5.41, 5.74) is 26.6. The number of rotatable bonds is 4. The van der Waals surface area contributed by atoms with Crippen molar-refractivity contribution < 1.29 is 0 Å². The molecule has 0 amide bonds. The second kappa shape index (κ2) is 9.37. The van der Waals surface area contributed by atoms with E-state index in [-0.39, 0.29) is 0 Å². The summed E-state index contributed by atoms with van der Waals surface area (Å²) in [4.78, 5) is 0. The number of benzene rings is 3. The Morgan fingerprint density at radius 2 is 0.324 bits per heavy atom. The summed E-state index contributed by atoms with van der Waals surface area (Å²) in [6, 6.07) is 0. The molecular formula is C34H46. The predicted octanol–water partition coefficient (Wildman–Crippen LogP) is 9.19. The molecule has 0 aromatic heterocycles. The second-order valence-electron chi connectivity index (χ2n) is 11.0. The van der Waals surface area contributed by atoms with Crippen LogP contribution < -0.4 is 0 Å². The van der Waals surface area contributed by atoms with Gasteiger partial charge in [0.1, 0.15) is 0 Å². The van der Waals surface area contributed by atoms with Gasteiger partial charge in [0.25, 0.3) is 0 Å². The molecule has 0 bridgehead atoms. The molecule has 0 heteroatoms. The van der Waals surface area contributed by atoms with Crippen LogP contribution in [0.3, 0.4) is 0 Å². The molecule has 0 nitrogen and oxygen atoms in total. The lowest BCUT2D eigenvalue weighted by Gasteiger charge is -2.25. The maximum absolute atomic E-state index is 2.35. The van der Waals surface area contributed by atoms with E-state index < -0.39 is 0 Å². The SMILES string of the molecule is Cc1c(C)c(C)c(Cc2c(C)c(C)c(Cc3c(C)c(C)c(C)c(C)c3C)c(C)c2C)c(C)c1C. The van der Waals surface area contributed by atoms with E-state index >= 15 is 0 Å². The van der Waals surface area contributed by atoms with Crippen LogP contribution in [-0.4, -0.2) is 0 Å². The van der Waals surface area contributed by atoms with E-state index in [0.717, 1.165) is 12.8 Å². The van der Waals surface area contributed by atoms with Crippen molar-refractivity contribution in [3.05, 3.63) is 100 Å². The van der Waals surface area contributed by atoms with Crippen LogP contribution in [0, 0.1) is 96.9 Å². The molecule has 3 aromatic rings. The van der Waals surface area contributed by atoms with Gasteiger partial charge in [0, 0.05) is 0 Å². The van der Waals surface area contributed by atoms with Gasteiger partial charge in [0.05, 0.1) is 0 Å². The molecule has 0 radical (unpaired) electrons. The highest BCUT2D eigenvalue weighted by Crippen LogP contribution is 2.35. The molecule has 0 unspecified atom stereocenters. The zero-order valence-corrected chi connectivity index (χ0v) is 24.4. The Bertz CT molecular complexity index is 1120. The van der Waals surface area contributed by atoms with Crippen LogP contribution in [0.2, 0.25) is 0 Å². The van der Waals surface area contributed by atoms with Gasteiger partial charge >= 0.3 is 0 Å². The van der Waals surface area contributed by atoms with Gasteiger partial charge in [-0.3, -0.25) is 0 Å². The van der Waals surface area contributed by atoms with Crippen LogP contribution in [0.1, 0.15) is 100 Å². The van der Waals surface area contributed by atoms with Crippen LogP contribution in [0.5, 0.6) is 0 Å². The lowest BCUT2D eigenvalue weighted by Crippen LogP contribution is -2.11. The monoisotopic (exact) mass is 454 g/mol. The van der Waals surface area contributed by atoms with Crippen LogP contribution in [0.15, 0.2) is 0 Å². The second-order valence-corrected chi connectivity index (χ2v) is 11.0. The first-order chi connectivity index (χ1) is 15.7. The minimum absolute atomic E-state index is 1.03. The molecule has 0 saturated carbocycles. The standard InChI is InChI=1S/C34H46/c1-17-19(3)23(7)31(24(8)20(17)4)15-33-27(11)29(13)34(30(14)28(33)12)16-32-25(9)21(5)18(2)22(6)26(32)10/h15-16H2,1-14H3. The third kappa shape index (κ3) is 4.04. The average Bonchev–Trinajstić information content (AvgIpc) is 2.81. The van der Waals surface area contributed by atoms with Crippen molar-refractivity contribution in [3.8, 4) is 0 Å². The molecule has 3 rings (SSSR count). The van der Waals surface area contributed by atoms with E-state index in [4.69, 9.17) is 0 Å². The first-order valence-corrected chi connectivity index (χ1v) is 12.9. The van der Waals surface area contributed by atoms with Crippen LogP contribution >= 0.6 is 0 Å². The predicted molar refractivity (Wildman–Crippen MR) is 151 cm³/mol. The highest BCUT2D eigenvalue weighted by Gasteiger charge is 2.20. The van der Waals surface area contributed by atoms with Gasteiger partial charge in [0.2, 0.25) is 0 Å². The molecule has 0 saturated heterocycles. The Morgan fingerprint density at radius 1 is 0.206 bits per heavy atom. The molecule has 0 aliphatic carbocycles. The van der Waals surface area contributed by atoms with Crippen LogP contribution in [-0.2, 0) is 12.8 Å². The Kier molecular flexibility index (Phi) is 7.24. The fourth-order valence-corrected chi connectivity index (χ4v) is 6.04. The summed E-state index contributed by atoms with van der Waals surface area (Å²) in [5.74, 6) is 0. The van der Waals surface area contributed by atoms with Crippen molar-refractivity contribution in [2.75, 3.05) is 0 Å². The topological polar surface area (TPSA) is 0 Å². The maximum Gasteiger partial charge on any atom is -0.00149 e. The maximum atomic E-state index is 2.35. The largest absolute Gasteiger partial charge is 0.0447 e. The number of hydrogen-bond acceptors (Lipinski definition) is 0. The third-order valence-electron chi connectivity index (χ3n) is 9.95. The fraction of sp³-hybridized carbons (Fsp3) is 0.471. The number of hydrogen-bond donors (Lipinski definition) is 0. The van der Waals surface area contributed by atoms with Crippen molar-refractivity contribution >= 4 is 0 Å². The zero-order valence-electron chi connectivity index (χ0n) is 24.4. The molecule has 182 valence electrons. The highest BCUT2D eigenvalue weighted by atomic mass is 14.3. The lowest BCUT2D eigenvalue weighted by molar-refractivity contribution is 0.988. The Labute approximate surface area is 209 Å². The van der Waals surface area contributed by atoms with Gasteiger partial charge in [-0.05, 0) is 210 Å². The van der Waals surface area contributed by atoms with Gasteiger partial charge in [0.15, 0.2) is 0 Å². The van der Waals surface area contributed by atoms with E-state index in [9.17, 15) is 0 Å². The molecule has 0 N–H and O–H groups in total. The van der Waals surface area contributed by atoms with E-state index in [1.165, 1.54) is 100 Å². The van der Waals surface area contributed by atoms with Crippen molar-refractivity contribution in [1.82, 2.24) is 0 Å². The van der Waals surface area contributed by atoms with E-state index in [1.807, 2.05) is 0 Å². The Balaban J connectivity index is 2.18. The summed E-state index contributed by atoms with van der Waals surface area (Å²) in [6.45, 7) is 32.4. The molecule has 0 spiro atoms. The minimum atomic E-state index is 1.03. The van der Waals surface area contributed by atoms with Gasteiger partial charge in [-0.25, -0.2) is 0 Å². The summed E-state index contributed by atoms with van der Waals surface area (Å²) >= 11 is 0. The summed E-state index contributed by atoms with van der Waals surface area (Å²) in [6.07, 6.45) is 2.06. The first kappa shape index (κ1) is 26.3. The smallest absolute Gasteiger partial charge is 0.00149 e. The van der Waals surface area contributed by atoms with Crippen molar-refractivity contribution in [1.29, 1.82) is 0 Å². The third-order valence-corrected chi connectivity index (χ3v) is 9.95. The van der Waals surface area contributed by atoms with E-state index in [2.05, 4.69) is 96.9 Å². The molecule has 0 fully saturated rings. The van der Waals surface area contributed by atoms with Crippen molar-refractivity contribution in [3.63, 3.8) is 0 Å². The molecule has 0 heterocycles. The molecule has 0 aliphatic heterocycles. The first-order valence-electron chi connectivity index (χ1n) is 12.9. The van der Waals surface area contributed by atoms with Crippen LogP contribution in [0.4, 0.5) is 0 Å². The highest BCUT2D eigenvalue weighted by molar-refractivity contribution is 5.58. The quantitative estimate of drug-likeness (QED) is 0.368. The molecule has 3 aromatic carbocycles. The molecule has 0 atom stereocenters. The van der Waals surface area contributed by atoms with Crippen LogP contribution in [0.25, 0.3) is 0 Å². The summed E-state index contributed by atoms with van der Waals surface area (Å²) in [7, 11) is 0. The zero-order chi connectivity index (χ0) is 25.8. The normalized spacial score (nSPS) is 11.5.